The van der Waals surface area contributed by atoms with Crippen molar-refractivity contribution in [3.63, 3.8) is 0 Å². The molecule has 40 heavy (non-hydrogen) atoms. The predicted molar refractivity (Wildman–Crippen MR) is 145 cm³/mol. The third-order valence-electron chi connectivity index (χ3n) is 6.62. The van der Waals surface area contributed by atoms with Gasteiger partial charge in [0, 0.05) is 20.3 Å². The number of benzene rings is 2. The molecule has 0 atom stereocenters. The van der Waals surface area contributed by atoms with E-state index in [4.69, 9.17) is 4.74 Å². The molecule has 1 aromatic heterocycles. The highest BCUT2D eigenvalue weighted by Gasteiger charge is 2.45. The van der Waals surface area contributed by atoms with Crippen LogP contribution in [0.15, 0.2) is 48.7 Å². The number of carbonyl (C=O) groups excluding carboxylic acids is 1. The second kappa shape index (κ2) is 11.8. The highest BCUT2D eigenvalue weighted by molar-refractivity contribution is 7.53. The van der Waals surface area contributed by atoms with Gasteiger partial charge in [-0.05, 0) is 42.7 Å². The number of aromatic nitrogens is 2. The van der Waals surface area contributed by atoms with Gasteiger partial charge in [-0.3, -0.25) is 9.36 Å². The lowest BCUT2D eigenvalue weighted by molar-refractivity contribution is -0.137. The van der Waals surface area contributed by atoms with Crippen LogP contribution in [0.4, 0.5) is 36.3 Å². The van der Waals surface area contributed by atoms with Crippen molar-refractivity contribution in [3.8, 4) is 5.75 Å². The molecule has 0 aliphatic rings. The first-order valence-corrected chi connectivity index (χ1v) is 13.8. The van der Waals surface area contributed by atoms with E-state index in [-0.39, 0.29) is 41.5 Å². The molecule has 2 aromatic carbocycles. The van der Waals surface area contributed by atoms with E-state index in [9.17, 15) is 32.3 Å². The molecular formula is C26H31F3N5O5P. The molecular weight excluding hydrogens is 550 g/mol. The molecule has 1 heterocycles. The van der Waals surface area contributed by atoms with Crippen LogP contribution in [0.25, 0.3) is 0 Å². The Hall–Kier alpha value is -3.67. The largest absolute Gasteiger partial charge is 0.495 e. The maximum Gasteiger partial charge on any atom is 0.421 e. The molecule has 1 amide bonds. The van der Waals surface area contributed by atoms with Gasteiger partial charge in [0.05, 0.1) is 29.2 Å². The summed E-state index contributed by atoms with van der Waals surface area (Å²) in [6.45, 7) is 3.35. The van der Waals surface area contributed by atoms with Crippen LogP contribution in [0.1, 0.15) is 48.2 Å². The van der Waals surface area contributed by atoms with Crippen molar-refractivity contribution in [2.24, 2.45) is 0 Å². The highest BCUT2D eigenvalue weighted by atomic mass is 31.2. The third-order valence-corrected chi connectivity index (χ3v) is 8.63. The topological polar surface area (TPSA) is 137 Å². The van der Waals surface area contributed by atoms with Crippen LogP contribution < -0.4 is 15.4 Å². The summed E-state index contributed by atoms with van der Waals surface area (Å²) in [6, 6.07) is 10.6. The third kappa shape index (κ3) is 6.22. The molecule has 0 aliphatic heterocycles. The molecule has 0 bridgehead atoms. The lowest BCUT2D eigenvalue weighted by Crippen LogP contribution is -2.24. The van der Waals surface area contributed by atoms with Crippen LogP contribution in [0, 0.1) is 0 Å². The van der Waals surface area contributed by atoms with Crippen LogP contribution in [-0.2, 0) is 15.9 Å². The number of carbonyl (C=O) groups is 1. The lowest BCUT2D eigenvalue weighted by Gasteiger charge is -2.33. The minimum Gasteiger partial charge on any atom is -0.495 e. The zero-order valence-corrected chi connectivity index (χ0v) is 23.5. The summed E-state index contributed by atoms with van der Waals surface area (Å²) in [5.41, 5.74) is -0.277. The Labute approximate surface area is 229 Å². The van der Waals surface area contributed by atoms with Crippen LogP contribution in [0.5, 0.6) is 5.75 Å². The summed E-state index contributed by atoms with van der Waals surface area (Å²) in [5, 5.41) is 4.00. The van der Waals surface area contributed by atoms with Gasteiger partial charge in [-0.15, -0.1) is 0 Å². The zero-order chi connectivity index (χ0) is 29.9. The van der Waals surface area contributed by atoms with Crippen LogP contribution in [-0.4, -0.2) is 51.8 Å². The number of halogens is 3. The van der Waals surface area contributed by atoms with Crippen molar-refractivity contribution in [3.05, 3.63) is 65.4 Å². The van der Waals surface area contributed by atoms with E-state index >= 15 is 0 Å². The number of hydrogen-bond acceptors (Lipinski definition) is 7. The summed E-state index contributed by atoms with van der Waals surface area (Å²) in [4.78, 5) is 41.9. The van der Waals surface area contributed by atoms with Crippen molar-refractivity contribution in [2.75, 3.05) is 31.8 Å². The first-order chi connectivity index (χ1) is 18.7. The Morgan fingerprint density at radius 2 is 1.70 bits per heavy atom. The summed E-state index contributed by atoms with van der Waals surface area (Å²) >= 11 is 0. The molecule has 0 fully saturated rings. The Balaban J connectivity index is 2.06. The number of methoxy groups -OCH3 is 1. The average molecular weight is 582 g/mol. The van der Waals surface area contributed by atoms with E-state index < -0.39 is 36.2 Å². The fraction of sp³-hybridized carbons (Fsp3) is 0.346. The summed E-state index contributed by atoms with van der Waals surface area (Å²) < 4.78 is 59.3. The minimum absolute atomic E-state index is 0.117. The molecule has 216 valence electrons. The summed E-state index contributed by atoms with van der Waals surface area (Å²) in [6.07, 6.45) is -3.86. The molecule has 10 nitrogen and oxygen atoms in total. The highest BCUT2D eigenvalue weighted by Crippen LogP contribution is 2.61. The Morgan fingerprint density at radius 1 is 1.05 bits per heavy atom. The second-order valence-corrected chi connectivity index (χ2v) is 11.1. The van der Waals surface area contributed by atoms with E-state index in [1.165, 1.54) is 56.4 Å². The van der Waals surface area contributed by atoms with Gasteiger partial charge in [0.25, 0.3) is 5.91 Å². The first kappa shape index (κ1) is 30.9. The predicted octanol–water partition coefficient (Wildman–Crippen LogP) is 5.89. The van der Waals surface area contributed by atoms with E-state index in [0.29, 0.717) is 11.8 Å². The maximum atomic E-state index is 13.8. The van der Waals surface area contributed by atoms with Gasteiger partial charge < -0.3 is 30.1 Å². The van der Waals surface area contributed by atoms with Gasteiger partial charge in [-0.25, -0.2) is 4.98 Å². The molecule has 0 spiro atoms. The second-order valence-electron chi connectivity index (χ2n) is 9.15. The Morgan fingerprint density at radius 3 is 2.25 bits per heavy atom. The normalized spacial score (nSPS) is 12.2. The number of para-hydroxylation sites is 1. The van der Waals surface area contributed by atoms with Crippen molar-refractivity contribution in [1.29, 1.82) is 0 Å². The van der Waals surface area contributed by atoms with E-state index in [2.05, 4.69) is 20.6 Å². The Bertz CT molecular complexity index is 1420. The molecule has 4 N–H and O–H groups in total. The molecule has 0 aliphatic carbocycles. The molecule has 0 unspecified atom stereocenters. The van der Waals surface area contributed by atoms with Gasteiger partial charge in [-0.2, -0.15) is 18.2 Å². The number of anilines is 4. The number of nitrogens with one attached hydrogen (secondary N) is 2. The SMILES string of the molecule is CCC(CC)(c1ccc(Nc2ncc(C(F)(F)F)c(Nc3ccccc3C(=O)N(C)C)n2)c(OC)c1)P(=O)(O)O. The zero-order valence-electron chi connectivity index (χ0n) is 22.6. The molecule has 0 radical (unpaired) electrons. The standard InChI is InChI=1S/C26H31F3N5O5P/c1-6-25(7-2,40(36,37)38)16-12-13-20(21(14-16)39-5)32-24-30-15-18(26(27,28)29)22(33-24)31-19-11-9-8-10-17(19)23(35)34(3)4/h8-15H,6-7H2,1-5H3,(H2,36,37,38)(H2,30,31,32,33). The van der Waals surface area contributed by atoms with Gasteiger partial charge >= 0.3 is 13.8 Å². The molecule has 0 saturated heterocycles. The van der Waals surface area contributed by atoms with Gasteiger partial charge in [0.15, 0.2) is 0 Å². The van der Waals surface area contributed by atoms with Crippen LogP contribution in [0.2, 0.25) is 0 Å². The molecule has 0 saturated carbocycles. The van der Waals surface area contributed by atoms with Crippen LogP contribution in [0.3, 0.4) is 0 Å². The first-order valence-electron chi connectivity index (χ1n) is 12.2. The Kier molecular flexibility index (Phi) is 9.13. The number of ether oxygens (including phenoxy) is 1. The maximum absolute atomic E-state index is 13.8. The quantitative estimate of drug-likeness (QED) is 0.216. The number of alkyl halides is 3. The smallest absolute Gasteiger partial charge is 0.421 e. The van der Waals surface area contributed by atoms with Crippen molar-refractivity contribution < 1.29 is 37.1 Å². The van der Waals surface area contributed by atoms with Crippen molar-refractivity contribution in [2.45, 2.75) is 38.0 Å². The van der Waals surface area contributed by atoms with Gasteiger partial charge in [0.2, 0.25) is 5.95 Å². The van der Waals surface area contributed by atoms with E-state index in [1.54, 1.807) is 26.0 Å². The minimum atomic E-state index is -4.80. The van der Waals surface area contributed by atoms with Crippen molar-refractivity contribution in [1.82, 2.24) is 14.9 Å². The summed E-state index contributed by atoms with van der Waals surface area (Å²) in [7, 11) is -0.166. The fourth-order valence-corrected chi connectivity index (χ4v) is 5.63. The number of hydrogen-bond donors (Lipinski definition) is 4. The molecule has 3 rings (SSSR count). The summed E-state index contributed by atoms with van der Waals surface area (Å²) in [5.74, 6) is -1.04. The van der Waals surface area contributed by atoms with Gasteiger partial charge in [-0.1, -0.05) is 32.0 Å². The number of rotatable bonds is 10. The lowest BCUT2D eigenvalue weighted by atomic mass is 9.92. The average Bonchev–Trinajstić information content (AvgIpc) is 2.89. The van der Waals surface area contributed by atoms with Crippen LogP contribution >= 0.6 is 7.60 Å². The molecule has 14 heteroatoms. The van der Waals surface area contributed by atoms with Gasteiger partial charge in [0.1, 0.15) is 17.1 Å². The fourth-order valence-electron chi connectivity index (χ4n) is 4.33. The molecule has 3 aromatic rings. The van der Waals surface area contributed by atoms with Crippen molar-refractivity contribution >= 4 is 36.6 Å². The van der Waals surface area contributed by atoms with E-state index in [0.717, 1.165) is 0 Å². The number of amides is 1. The monoisotopic (exact) mass is 581 g/mol. The number of nitrogens with zero attached hydrogens (tertiary/aromatic N) is 3. The van der Waals surface area contributed by atoms with E-state index in [1.807, 2.05) is 0 Å².